The number of hydrogen-bond acceptors (Lipinski definition) is 3. The molecule has 1 saturated heterocycles. The molecule has 1 fully saturated rings. The number of likely N-dealkylation sites (tertiary alicyclic amines) is 1. The maximum atomic E-state index is 12.0. The Balaban J connectivity index is 2.01. The number of aliphatic hydroxyl groups is 1. The number of amides is 2. The van der Waals surface area contributed by atoms with Crippen LogP contribution in [0.4, 0.5) is 16.2 Å². The highest BCUT2D eigenvalue weighted by molar-refractivity contribution is 5.90. The molecular weight excluding hydrogens is 218 g/mol. The number of nitrogens with zero attached hydrogens (tertiary/aromatic N) is 1. The predicted molar refractivity (Wildman–Crippen MR) is 66.7 cm³/mol. The van der Waals surface area contributed by atoms with Crippen LogP contribution in [0.5, 0.6) is 0 Å². The van der Waals surface area contributed by atoms with Gasteiger partial charge < -0.3 is 21.1 Å². The first-order chi connectivity index (χ1) is 8.20. The highest BCUT2D eigenvalue weighted by Gasteiger charge is 2.27. The lowest BCUT2D eigenvalue weighted by Crippen LogP contribution is -2.40. The van der Waals surface area contributed by atoms with Crippen molar-refractivity contribution in [3.63, 3.8) is 0 Å². The number of carbonyl (C=O) groups excluding carboxylic acids is 1. The standard InChI is InChI=1S/C12H17N3O2/c13-9-3-1-4-10(7-9)14-12(17)15-6-2-5-11(15)8-16/h1,3-4,7,11,16H,2,5-6,8,13H2,(H,14,17). The monoisotopic (exact) mass is 235 g/mol. The summed E-state index contributed by atoms with van der Waals surface area (Å²) in [5.74, 6) is 0. The molecule has 0 saturated carbocycles. The fourth-order valence-corrected chi connectivity index (χ4v) is 2.10. The van der Waals surface area contributed by atoms with E-state index in [0.29, 0.717) is 17.9 Å². The van der Waals surface area contributed by atoms with Gasteiger partial charge in [0.2, 0.25) is 0 Å². The van der Waals surface area contributed by atoms with Crippen molar-refractivity contribution in [2.45, 2.75) is 18.9 Å². The summed E-state index contributed by atoms with van der Waals surface area (Å²) in [7, 11) is 0. The van der Waals surface area contributed by atoms with Crippen molar-refractivity contribution in [3.05, 3.63) is 24.3 Å². The maximum Gasteiger partial charge on any atom is 0.322 e. The molecule has 5 nitrogen and oxygen atoms in total. The van der Waals surface area contributed by atoms with Crippen molar-refractivity contribution in [1.29, 1.82) is 0 Å². The lowest BCUT2D eigenvalue weighted by atomic mass is 10.2. The molecule has 0 radical (unpaired) electrons. The number of carbonyl (C=O) groups is 1. The van der Waals surface area contributed by atoms with Crippen LogP contribution >= 0.6 is 0 Å². The van der Waals surface area contributed by atoms with Crippen molar-refractivity contribution in [2.24, 2.45) is 0 Å². The molecule has 1 unspecified atom stereocenters. The summed E-state index contributed by atoms with van der Waals surface area (Å²) >= 11 is 0. The Hall–Kier alpha value is -1.75. The summed E-state index contributed by atoms with van der Waals surface area (Å²) < 4.78 is 0. The number of hydrogen-bond donors (Lipinski definition) is 3. The molecule has 2 rings (SSSR count). The Morgan fingerprint density at radius 3 is 3.12 bits per heavy atom. The maximum absolute atomic E-state index is 12.0. The van der Waals surface area contributed by atoms with E-state index < -0.39 is 0 Å². The molecule has 92 valence electrons. The molecule has 1 aliphatic heterocycles. The van der Waals surface area contributed by atoms with Gasteiger partial charge in [-0.25, -0.2) is 4.79 Å². The molecule has 17 heavy (non-hydrogen) atoms. The van der Waals surface area contributed by atoms with E-state index in [1.165, 1.54) is 0 Å². The number of benzene rings is 1. The molecule has 5 heteroatoms. The van der Waals surface area contributed by atoms with Gasteiger partial charge in [0.15, 0.2) is 0 Å². The smallest absolute Gasteiger partial charge is 0.322 e. The number of rotatable bonds is 2. The van der Waals surface area contributed by atoms with Gasteiger partial charge >= 0.3 is 6.03 Å². The quantitative estimate of drug-likeness (QED) is 0.675. The number of urea groups is 1. The Labute approximate surface area is 100 Å². The molecule has 1 aliphatic rings. The highest BCUT2D eigenvalue weighted by atomic mass is 16.3. The second-order valence-corrected chi connectivity index (χ2v) is 4.23. The summed E-state index contributed by atoms with van der Waals surface area (Å²) in [6.45, 7) is 0.712. The SMILES string of the molecule is Nc1cccc(NC(=O)N2CCCC2CO)c1. The Morgan fingerprint density at radius 2 is 2.41 bits per heavy atom. The first-order valence-corrected chi connectivity index (χ1v) is 5.74. The molecule has 0 spiro atoms. The van der Waals surface area contributed by atoms with Crippen LogP contribution in [-0.2, 0) is 0 Å². The molecule has 1 aromatic rings. The minimum atomic E-state index is -0.174. The molecule has 0 aromatic heterocycles. The van der Waals surface area contributed by atoms with Crippen LogP contribution in [0, 0.1) is 0 Å². The minimum absolute atomic E-state index is 0.0182. The van der Waals surface area contributed by atoms with Crippen molar-refractivity contribution in [2.75, 3.05) is 24.2 Å². The lowest BCUT2D eigenvalue weighted by molar-refractivity contribution is 0.166. The van der Waals surface area contributed by atoms with Gasteiger partial charge in [0.05, 0.1) is 12.6 Å². The number of anilines is 2. The van der Waals surface area contributed by atoms with Gasteiger partial charge in [0.1, 0.15) is 0 Å². The van der Waals surface area contributed by atoms with Crippen LogP contribution in [0.25, 0.3) is 0 Å². The van der Waals surface area contributed by atoms with Crippen molar-refractivity contribution in [1.82, 2.24) is 4.90 Å². The number of nitrogens with one attached hydrogen (secondary N) is 1. The molecule has 1 heterocycles. The lowest BCUT2D eigenvalue weighted by Gasteiger charge is -2.23. The van der Waals surface area contributed by atoms with E-state index in [2.05, 4.69) is 5.32 Å². The molecule has 0 aliphatic carbocycles. The summed E-state index contributed by atoms with van der Waals surface area (Å²) in [6, 6.07) is 6.82. The van der Waals surface area contributed by atoms with Gasteiger partial charge in [0.25, 0.3) is 0 Å². The topological polar surface area (TPSA) is 78.6 Å². The van der Waals surface area contributed by atoms with E-state index in [1.807, 2.05) is 0 Å². The third kappa shape index (κ3) is 2.68. The minimum Gasteiger partial charge on any atom is -0.399 e. The van der Waals surface area contributed by atoms with Crippen LogP contribution in [0.3, 0.4) is 0 Å². The first-order valence-electron chi connectivity index (χ1n) is 5.74. The van der Waals surface area contributed by atoms with Crippen LogP contribution < -0.4 is 11.1 Å². The van der Waals surface area contributed by atoms with E-state index in [-0.39, 0.29) is 18.7 Å². The van der Waals surface area contributed by atoms with Crippen LogP contribution in [-0.4, -0.2) is 35.2 Å². The van der Waals surface area contributed by atoms with E-state index in [0.717, 1.165) is 12.8 Å². The van der Waals surface area contributed by atoms with Gasteiger partial charge in [0, 0.05) is 17.9 Å². The summed E-state index contributed by atoms with van der Waals surface area (Å²) in [5.41, 5.74) is 6.93. The van der Waals surface area contributed by atoms with Gasteiger partial charge in [-0.1, -0.05) is 6.07 Å². The Morgan fingerprint density at radius 1 is 1.59 bits per heavy atom. The van der Waals surface area contributed by atoms with Crippen LogP contribution in [0.1, 0.15) is 12.8 Å². The molecule has 2 amide bonds. The zero-order valence-corrected chi connectivity index (χ0v) is 9.60. The van der Waals surface area contributed by atoms with E-state index in [9.17, 15) is 4.79 Å². The molecule has 4 N–H and O–H groups in total. The predicted octanol–water partition coefficient (Wildman–Crippen LogP) is 1.26. The van der Waals surface area contributed by atoms with Crippen LogP contribution in [0.15, 0.2) is 24.3 Å². The van der Waals surface area contributed by atoms with Gasteiger partial charge in [-0.3, -0.25) is 0 Å². The molecular formula is C12H17N3O2. The summed E-state index contributed by atoms with van der Waals surface area (Å²) in [4.78, 5) is 13.6. The second-order valence-electron chi connectivity index (χ2n) is 4.23. The average Bonchev–Trinajstić information content (AvgIpc) is 2.77. The third-order valence-electron chi connectivity index (χ3n) is 2.99. The van der Waals surface area contributed by atoms with Crippen molar-refractivity contribution >= 4 is 17.4 Å². The van der Waals surface area contributed by atoms with Gasteiger partial charge in [-0.2, -0.15) is 0 Å². The average molecular weight is 235 g/mol. The zero-order chi connectivity index (χ0) is 12.3. The van der Waals surface area contributed by atoms with Gasteiger partial charge in [-0.05, 0) is 31.0 Å². The van der Waals surface area contributed by atoms with Crippen molar-refractivity contribution < 1.29 is 9.90 Å². The summed E-state index contributed by atoms with van der Waals surface area (Å²) in [6.07, 6.45) is 1.80. The molecule has 0 bridgehead atoms. The highest BCUT2D eigenvalue weighted by Crippen LogP contribution is 2.19. The van der Waals surface area contributed by atoms with E-state index in [1.54, 1.807) is 29.2 Å². The molecule has 1 atom stereocenters. The number of aliphatic hydroxyl groups excluding tert-OH is 1. The van der Waals surface area contributed by atoms with E-state index >= 15 is 0 Å². The fourth-order valence-electron chi connectivity index (χ4n) is 2.10. The molecule has 1 aromatic carbocycles. The normalized spacial score (nSPS) is 19.4. The Kier molecular flexibility index (Phi) is 3.49. The largest absolute Gasteiger partial charge is 0.399 e. The summed E-state index contributed by atoms with van der Waals surface area (Å²) in [5, 5.41) is 11.9. The van der Waals surface area contributed by atoms with Crippen LogP contribution in [0.2, 0.25) is 0 Å². The second kappa shape index (κ2) is 5.05. The zero-order valence-electron chi connectivity index (χ0n) is 9.60. The third-order valence-corrected chi connectivity index (χ3v) is 2.99. The first kappa shape index (κ1) is 11.7. The van der Waals surface area contributed by atoms with Crippen molar-refractivity contribution in [3.8, 4) is 0 Å². The number of nitrogens with two attached hydrogens (primary N) is 1. The Bertz CT molecular complexity index is 408. The number of nitrogen functional groups attached to an aromatic ring is 1. The fraction of sp³-hybridized carbons (Fsp3) is 0.417. The van der Waals surface area contributed by atoms with E-state index in [4.69, 9.17) is 10.8 Å². The van der Waals surface area contributed by atoms with Gasteiger partial charge in [-0.15, -0.1) is 0 Å².